The third-order valence-corrected chi connectivity index (χ3v) is 3.03. The van der Waals surface area contributed by atoms with Gasteiger partial charge in [0.25, 0.3) is 0 Å². The van der Waals surface area contributed by atoms with Crippen LogP contribution < -0.4 is 9.46 Å². The SMILES string of the molecule is COc1ccc(S(=O)(=O)NCC(=O)O)cn1. The van der Waals surface area contributed by atoms with Crippen LogP contribution >= 0.6 is 0 Å². The molecule has 0 atom stereocenters. The number of hydrogen-bond donors (Lipinski definition) is 2. The molecular formula is C8H10N2O5S. The molecule has 16 heavy (non-hydrogen) atoms. The lowest BCUT2D eigenvalue weighted by Gasteiger charge is -2.04. The second-order valence-electron chi connectivity index (χ2n) is 2.75. The summed E-state index contributed by atoms with van der Waals surface area (Å²) in [5.41, 5.74) is 0. The largest absolute Gasteiger partial charge is 0.481 e. The Labute approximate surface area is 92.1 Å². The number of rotatable bonds is 5. The van der Waals surface area contributed by atoms with E-state index in [-0.39, 0.29) is 10.8 Å². The predicted molar refractivity (Wildman–Crippen MR) is 53.6 cm³/mol. The van der Waals surface area contributed by atoms with E-state index in [1.807, 2.05) is 4.72 Å². The van der Waals surface area contributed by atoms with Gasteiger partial charge >= 0.3 is 5.97 Å². The van der Waals surface area contributed by atoms with Crippen molar-refractivity contribution in [3.63, 3.8) is 0 Å². The highest BCUT2D eigenvalue weighted by molar-refractivity contribution is 7.89. The van der Waals surface area contributed by atoms with E-state index in [9.17, 15) is 13.2 Å². The van der Waals surface area contributed by atoms with Gasteiger partial charge in [0.2, 0.25) is 15.9 Å². The summed E-state index contributed by atoms with van der Waals surface area (Å²) in [5.74, 6) is -0.984. The molecule has 1 heterocycles. The van der Waals surface area contributed by atoms with Gasteiger partial charge in [0.1, 0.15) is 11.4 Å². The predicted octanol–water partition coefficient (Wildman–Crippen LogP) is -0.547. The lowest BCUT2D eigenvalue weighted by Crippen LogP contribution is -2.29. The maximum Gasteiger partial charge on any atom is 0.318 e. The molecule has 0 saturated carbocycles. The topological polar surface area (TPSA) is 106 Å². The van der Waals surface area contributed by atoms with E-state index in [1.54, 1.807) is 0 Å². The number of carboxylic acids is 1. The second-order valence-corrected chi connectivity index (χ2v) is 4.52. The van der Waals surface area contributed by atoms with Crippen molar-refractivity contribution >= 4 is 16.0 Å². The fraction of sp³-hybridized carbons (Fsp3) is 0.250. The lowest BCUT2D eigenvalue weighted by atomic mass is 10.5. The minimum atomic E-state index is -3.83. The third kappa shape index (κ3) is 3.17. The van der Waals surface area contributed by atoms with Crippen LogP contribution in [0, 0.1) is 0 Å². The molecule has 0 aliphatic carbocycles. The van der Waals surface area contributed by atoms with Crippen molar-refractivity contribution in [1.29, 1.82) is 0 Å². The van der Waals surface area contributed by atoms with Gasteiger partial charge in [0.05, 0.1) is 13.3 Å². The standard InChI is InChI=1S/C8H10N2O5S/c1-15-7-3-2-6(4-9-7)16(13,14)10-5-8(11)12/h2-4,10H,5H2,1H3,(H,11,12). The number of pyridine rings is 1. The highest BCUT2D eigenvalue weighted by atomic mass is 32.2. The number of nitrogens with zero attached hydrogens (tertiary/aromatic N) is 1. The molecule has 7 nitrogen and oxygen atoms in total. The Kier molecular flexibility index (Phi) is 3.80. The molecule has 1 rings (SSSR count). The Hall–Kier alpha value is -1.67. The molecule has 0 aliphatic rings. The molecule has 0 saturated heterocycles. The number of carbonyl (C=O) groups is 1. The Bertz CT molecular complexity index is 468. The van der Waals surface area contributed by atoms with Crippen molar-refractivity contribution in [2.45, 2.75) is 4.90 Å². The van der Waals surface area contributed by atoms with Crippen molar-refractivity contribution < 1.29 is 23.1 Å². The highest BCUT2D eigenvalue weighted by Gasteiger charge is 2.15. The zero-order valence-electron chi connectivity index (χ0n) is 8.37. The molecule has 2 N–H and O–H groups in total. The highest BCUT2D eigenvalue weighted by Crippen LogP contribution is 2.11. The Morgan fingerprint density at radius 2 is 2.25 bits per heavy atom. The van der Waals surface area contributed by atoms with Crippen LogP contribution in [0.4, 0.5) is 0 Å². The second kappa shape index (κ2) is 4.90. The molecule has 8 heteroatoms. The number of hydrogen-bond acceptors (Lipinski definition) is 5. The van der Waals surface area contributed by atoms with E-state index in [0.717, 1.165) is 6.20 Å². The zero-order chi connectivity index (χ0) is 12.2. The van der Waals surface area contributed by atoms with E-state index in [1.165, 1.54) is 19.2 Å². The van der Waals surface area contributed by atoms with Crippen LogP contribution in [0.3, 0.4) is 0 Å². The first-order chi connectivity index (χ1) is 7.45. The summed E-state index contributed by atoms with van der Waals surface area (Å²) in [6.07, 6.45) is 1.09. The number of methoxy groups -OCH3 is 1. The summed E-state index contributed by atoms with van der Waals surface area (Å²) >= 11 is 0. The first-order valence-corrected chi connectivity index (χ1v) is 5.65. The molecule has 0 fully saturated rings. The number of aliphatic carboxylic acids is 1. The summed E-state index contributed by atoms with van der Waals surface area (Å²) in [4.78, 5) is 13.8. The van der Waals surface area contributed by atoms with E-state index in [4.69, 9.17) is 9.84 Å². The quantitative estimate of drug-likeness (QED) is 0.722. The minimum Gasteiger partial charge on any atom is -0.481 e. The molecule has 0 bridgehead atoms. The van der Waals surface area contributed by atoms with Gasteiger partial charge in [-0.3, -0.25) is 4.79 Å². The Morgan fingerprint density at radius 1 is 1.56 bits per heavy atom. The molecule has 1 aromatic heterocycles. The summed E-state index contributed by atoms with van der Waals surface area (Å²) in [6.45, 7) is -0.672. The van der Waals surface area contributed by atoms with Crippen LogP contribution in [0.1, 0.15) is 0 Å². The van der Waals surface area contributed by atoms with Crippen LogP contribution in [0.15, 0.2) is 23.2 Å². The first kappa shape index (κ1) is 12.4. The van der Waals surface area contributed by atoms with Crippen LogP contribution in [0.5, 0.6) is 5.88 Å². The molecule has 88 valence electrons. The molecule has 0 spiro atoms. The van der Waals surface area contributed by atoms with Gasteiger partial charge in [-0.2, -0.15) is 4.72 Å². The number of carboxylic acid groups (broad SMARTS) is 1. The van der Waals surface area contributed by atoms with E-state index >= 15 is 0 Å². The molecule has 0 aromatic carbocycles. The fourth-order valence-corrected chi connectivity index (χ4v) is 1.81. The lowest BCUT2D eigenvalue weighted by molar-refractivity contribution is -0.135. The summed E-state index contributed by atoms with van der Waals surface area (Å²) < 4.78 is 29.6. The number of aromatic nitrogens is 1. The molecule has 0 aliphatic heterocycles. The van der Waals surface area contributed by atoms with Gasteiger partial charge in [-0.1, -0.05) is 0 Å². The molecular weight excluding hydrogens is 236 g/mol. The molecule has 1 aromatic rings. The smallest absolute Gasteiger partial charge is 0.318 e. The van der Waals surface area contributed by atoms with Crippen molar-refractivity contribution in [2.75, 3.05) is 13.7 Å². The maximum absolute atomic E-state index is 11.5. The van der Waals surface area contributed by atoms with Gasteiger partial charge < -0.3 is 9.84 Å². The summed E-state index contributed by atoms with van der Waals surface area (Å²) in [7, 11) is -2.43. The monoisotopic (exact) mass is 246 g/mol. The molecule has 0 amide bonds. The van der Waals surface area contributed by atoms with Gasteiger partial charge in [-0.15, -0.1) is 0 Å². The van der Waals surface area contributed by atoms with Gasteiger partial charge in [-0.25, -0.2) is 13.4 Å². The number of sulfonamides is 1. The minimum absolute atomic E-state index is 0.116. The molecule has 0 radical (unpaired) electrons. The van der Waals surface area contributed by atoms with E-state index in [2.05, 4.69) is 4.98 Å². The van der Waals surface area contributed by atoms with Crippen LogP contribution in [-0.4, -0.2) is 38.1 Å². The van der Waals surface area contributed by atoms with Gasteiger partial charge in [0.15, 0.2) is 0 Å². The Morgan fingerprint density at radius 3 is 2.69 bits per heavy atom. The maximum atomic E-state index is 11.5. The van der Waals surface area contributed by atoms with E-state index in [0.29, 0.717) is 0 Å². The normalized spacial score (nSPS) is 11.1. The third-order valence-electron chi connectivity index (χ3n) is 1.64. The van der Waals surface area contributed by atoms with Gasteiger partial charge in [-0.05, 0) is 6.07 Å². The number of nitrogens with one attached hydrogen (secondary N) is 1. The van der Waals surface area contributed by atoms with Crippen LogP contribution in [0.25, 0.3) is 0 Å². The Balaban J connectivity index is 2.85. The van der Waals surface area contributed by atoms with Crippen molar-refractivity contribution in [3.8, 4) is 5.88 Å². The fourth-order valence-electron chi connectivity index (χ4n) is 0.887. The molecule has 0 unspecified atom stereocenters. The zero-order valence-corrected chi connectivity index (χ0v) is 9.19. The summed E-state index contributed by atoms with van der Waals surface area (Å²) in [6, 6.07) is 2.64. The van der Waals surface area contributed by atoms with Crippen LogP contribution in [0.2, 0.25) is 0 Å². The summed E-state index contributed by atoms with van der Waals surface area (Å²) in [5, 5.41) is 8.34. The van der Waals surface area contributed by atoms with Crippen molar-refractivity contribution in [1.82, 2.24) is 9.71 Å². The van der Waals surface area contributed by atoms with Crippen LogP contribution in [-0.2, 0) is 14.8 Å². The van der Waals surface area contributed by atoms with Gasteiger partial charge in [0, 0.05) is 6.07 Å². The first-order valence-electron chi connectivity index (χ1n) is 4.17. The average molecular weight is 246 g/mol. The van der Waals surface area contributed by atoms with Crippen molar-refractivity contribution in [2.24, 2.45) is 0 Å². The van der Waals surface area contributed by atoms with Crippen molar-refractivity contribution in [3.05, 3.63) is 18.3 Å². The number of ether oxygens (including phenoxy) is 1. The van der Waals surface area contributed by atoms with E-state index < -0.39 is 22.5 Å². The average Bonchev–Trinajstić information content (AvgIpc) is 2.27.